The predicted molar refractivity (Wildman–Crippen MR) is 133 cm³/mol. The van der Waals surface area contributed by atoms with E-state index in [2.05, 4.69) is 5.10 Å². The first-order chi connectivity index (χ1) is 17.0. The van der Waals surface area contributed by atoms with Crippen molar-refractivity contribution in [2.75, 3.05) is 13.7 Å². The van der Waals surface area contributed by atoms with Gasteiger partial charge in [-0.1, -0.05) is 42.5 Å². The quantitative estimate of drug-likeness (QED) is 0.377. The van der Waals surface area contributed by atoms with Gasteiger partial charge in [0, 0.05) is 23.9 Å². The number of fused-ring (bicyclic) bond motifs is 1. The lowest BCUT2D eigenvalue weighted by molar-refractivity contribution is -0.135. The van der Waals surface area contributed by atoms with Crippen LogP contribution in [0.4, 0.5) is 0 Å². The number of carbonyl (C=O) groups excluding carboxylic acids is 1. The zero-order chi connectivity index (χ0) is 24.4. The summed E-state index contributed by atoms with van der Waals surface area (Å²) in [7, 11) is 1.62. The summed E-state index contributed by atoms with van der Waals surface area (Å²) in [4.78, 5) is 25.0. The summed E-state index contributed by atoms with van der Waals surface area (Å²) in [6.45, 7) is 1.64. The average molecular weight is 469 g/mol. The van der Waals surface area contributed by atoms with Crippen LogP contribution in [0, 0.1) is 6.92 Å². The van der Waals surface area contributed by atoms with Crippen molar-refractivity contribution in [3.8, 4) is 11.5 Å². The fourth-order valence-corrected chi connectivity index (χ4v) is 4.24. The van der Waals surface area contributed by atoms with Gasteiger partial charge in [-0.3, -0.25) is 4.79 Å². The summed E-state index contributed by atoms with van der Waals surface area (Å²) < 4.78 is 16.3. The number of aryl methyl sites for hydroxylation is 1. The lowest BCUT2D eigenvalue weighted by Gasteiger charge is -2.22. The number of carbonyl (C=O) groups is 1. The SMILES string of the molecule is COc1ccc([C@H]2CC(c3ccccc3)=NN2C(=O)COc2ccc3c(C)cc(=O)oc3c2)cc1. The highest BCUT2D eigenvalue weighted by molar-refractivity contribution is 6.03. The van der Waals surface area contributed by atoms with Gasteiger partial charge in [-0.25, -0.2) is 9.80 Å². The monoisotopic (exact) mass is 468 g/mol. The second-order valence-electron chi connectivity index (χ2n) is 8.34. The van der Waals surface area contributed by atoms with E-state index in [1.807, 2.05) is 67.6 Å². The lowest BCUT2D eigenvalue weighted by atomic mass is 9.98. The molecule has 3 aromatic carbocycles. The van der Waals surface area contributed by atoms with Crippen molar-refractivity contribution in [1.82, 2.24) is 5.01 Å². The minimum absolute atomic E-state index is 0.209. The minimum Gasteiger partial charge on any atom is -0.497 e. The molecule has 1 aromatic heterocycles. The van der Waals surface area contributed by atoms with Crippen LogP contribution < -0.4 is 15.1 Å². The molecule has 35 heavy (non-hydrogen) atoms. The molecule has 0 fully saturated rings. The highest BCUT2D eigenvalue weighted by Gasteiger charge is 2.33. The third-order valence-corrected chi connectivity index (χ3v) is 6.06. The third-order valence-electron chi connectivity index (χ3n) is 6.06. The fraction of sp³-hybridized carbons (Fsp3) is 0.179. The van der Waals surface area contributed by atoms with E-state index < -0.39 is 5.63 Å². The van der Waals surface area contributed by atoms with Crippen LogP contribution in [0.2, 0.25) is 0 Å². The number of hydrogen-bond acceptors (Lipinski definition) is 6. The first-order valence-electron chi connectivity index (χ1n) is 11.3. The van der Waals surface area contributed by atoms with Crippen molar-refractivity contribution < 1.29 is 18.7 Å². The molecule has 1 amide bonds. The van der Waals surface area contributed by atoms with Gasteiger partial charge in [-0.05, 0) is 47.9 Å². The van der Waals surface area contributed by atoms with Crippen molar-refractivity contribution in [2.24, 2.45) is 5.10 Å². The van der Waals surface area contributed by atoms with Crippen LogP contribution in [0.15, 0.2) is 93.2 Å². The van der Waals surface area contributed by atoms with E-state index in [1.165, 1.54) is 11.1 Å². The number of amides is 1. The molecule has 2 heterocycles. The molecule has 0 N–H and O–H groups in total. The normalized spacial score (nSPS) is 15.2. The molecule has 0 aliphatic carbocycles. The van der Waals surface area contributed by atoms with E-state index >= 15 is 0 Å². The molecule has 0 saturated carbocycles. The predicted octanol–water partition coefficient (Wildman–Crippen LogP) is 4.87. The molecule has 1 aliphatic rings. The number of rotatable bonds is 6. The highest BCUT2D eigenvalue weighted by atomic mass is 16.5. The molecule has 5 rings (SSSR count). The van der Waals surface area contributed by atoms with Crippen molar-refractivity contribution in [2.45, 2.75) is 19.4 Å². The Morgan fingerprint density at radius 2 is 1.77 bits per heavy atom. The van der Waals surface area contributed by atoms with Gasteiger partial charge >= 0.3 is 5.63 Å². The summed E-state index contributed by atoms with van der Waals surface area (Å²) >= 11 is 0. The van der Waals surface area contributed by atoms with Gasteiger partial charge in [0.05, 0.1) is 18.9 Å². The van der Waals surface area contributed by atoms with Crippen LogP contribution in [0.3, 0.4) is 0 Å². The Morgan fingerprint density at radius 3 is 2.51 bits per heavy atom. The van der Waals surface area contributed by atoms with Crippen LogP contribution >= 0.6 is 0 Å². The number of hydrazone groups is 1. The Kier molecular flexibility index (Phi) is 6.06. The maximum absolute atomic E-state index is 13.3. The topological polar surface area (TPSA) is 81.3 Å². The van der Waals surface area contributed by atoms with E-state index in [1.54, 1.807) is 19.2 Å². The zero-order valence-corrected chi connectivity index (χ0v) is 19.4. The molecule has 0 unspecified atom stereocenters. The number of hydrogen-bond donors (Lipinski definition) is 0. The van der Waals surface area contributed by atoms with E-state index in [4.69, 9.17) is 13.9 Å². The van der Waals surface area contributed by atoms with Gasteiger partial charge in [-0.15, -0.1) is 0 Å². The summed E-state index contributed by atoms with van der Waals surface area (Å²) in [5.74, 6) is 0.907. The summed E-state index contributed by atoms with van der Waals surface area (Å²) in [6, 6.07) is 23.8. The van der Waals surface area contributed by atoms with Crippen LogP contribution in [0.25, 0.3) is 11.0 Å². The molecule has 0 saturated heterocycles. The van der Waals surface area contributed by atoms with Gasteiger partial charge < -0.3 is 13.9 Å². The minimum atomic E-state index is -0.426. The van der Waals surface area contributed by atoms with E-state index in [9.17, 15) is 9.59 Å². The molecule has 7 nitrogen and oxygen atoms in total. The van der Waals surface area contributed by atoms with Crippen molar-refractivity contribution in [3.63, 3.8) is 0 Å². The molecule has 0 bridgehead atoms. The standard InChI is InChI=1S/C28H24N2O5/c1-18-14-28(32)35-26-15-22(12-13-23(18)26)34-17-27(31)30-25(20-8-10-21(33-2)11-9-20)16-24(29-30)19-6-4-3-5-7-19/h3-15,25H,16-17H2,1-2H3/t25-/m1/s1. The fourth-order valence-electron chi connectivity index (χ4n) is 4.24. The first kappa shape index (κ1) is 22.4. The molecule has 0 radical (unpaired) electrons. The molecule has 7 heteroatoms. The molecular weight excluding hydrogens is 444 g/mol. The van der Waals surface area contributed by atoms with Gasteiger partial charge in [0.25, 0.3) is 5.91 Å². The summed E-state index contributed by atoms with van der Waals surface area (Å²) in [5, 5.41) is 6.99. The summed E-state index contributed by atoms with van der Waals surface area (Å²) in [6.07, 6.45) is 0.586. The first-order valence-corrected chi connectivity index (χ1v) is 11.3. The van der Waals surface area contributed by atoms with Crippen molar-refractivity contribution >= 4 is 22.6 Å². The Hall–Kier alpha value is -4.39. The maximum atomic E-state index is 13.3. The van der Waals surface area contributed by atoms with Crippen LogP contribution in [-0.4, -0.2) is 30.3 Å². The average Bonchev–Trinajstić information content (AvgIpc) is 3.33. The van der Waals surface area contributed by atoms with Gasteiger partial charge in [0.15, 0.2) is 6.61 Å². The second kappa shape index (κ2) is 9.46. The van der Waals surface area contributed by atoms with Gasteiger partial charge in [0.2, 0.25) is 0 Å². The van der Waals surface area contributed by atoms with Crippen LogP contribution in [0.1, 0.15) is 29.2 Å². The lowest BCUT2D eigenvalue weighted by Crippen LogP contribution is -2.31. The smallest absolute Gasteiger partial charge is 0.336 e. The van der Waals surface area contributed by atoms with Crippen molar-refractivity contribution in [3.05, 3.63) is 106 Å². The Balaban J connectivity index is 1.39. The van der Waals surface area contributed by atoms with Crippen molar-refractivity contribution in [1.29, 1.82) is 0 Å². The molecule has 4 aromatic rings. The van der Waals surface area contributed by atoms with Crippen LogP contribution in [0.5, 0.6) is 11.5 Å². The number of benzene rings is 3. The highest BCUT2D eigenvalue weighted by Crippen LogP contribution is 2.34. The van der Waals surface area contributed by atoms with E-state index in [-0.39, 0.29) is 18.6 Å². The molecule has 1 atom stereocenters. The molecule has 0 spiro atoms. The Bertz CT molecular complexity index is 1460. The van der Waals surface area contributed by atoms with E-state index in [0.717, 1.165) is 33.5 Å². The largest absolute Gasteiger partial charge is 0.497 e. The van der Waals surface area contributed by atoms with Crippen LogP contribution in [-0.2, 0) is 4.79 Å². The Morgan fingerprint density at radius 1 is 1.03 bits per heavy atom. The third kappa shape index (κ3) is 4.66. The number of nitrogens with zero attached hydrogens (tertiary/aromatic N) is 2. The molecule has 176 valence electrons. The number of ether oxygens (including phenoxy) is 2. The van der Waals surface area contributed by atoms with Gasteiger partial charge in [-0.2, -0.15) is 5.10 Å². The summed E-state index contributed by atoms with van der Waals surface area (Å²) in [5.41, 5.74) is 3.58. The molecular formula is C28H24N2O5. The maximum Gasteiger partial charge on any atom is 0.336 e. The number of methoxy groups -OCH3 is 1. The second-order valence-corrected chi connectivity index (χ2v) is 8.34. The van der Waals surface area contributed by atoms with E-state index in [0.29, 0.717) is 17.8 Å². The molecule has 1 aliphatic heterocycles. The Labute approximate surface area is 202 Å². The zero-order valence-electron chi connectivity index (χ0n) is 19.4. The van der Waals surface area contributed by atoms with Gasteiger partial charge in [0.1, 0.15) is 17.1 Å².